The minimum Gasteiger partial charge on any atom is -0.310 e. The van der Waals surface area contributed by atoms with Crippen LogP contribution in [0.1, 0.15) is 59.1 Å². The van der Waals surface area contributed by atoms with Crippen molar-refractivity contribution in [3.05, 3.63) is 221 Å². The highest BCUT2D eigenvalue weighted by molar-refractivity contribution is 7.25. The van der Waals surface area contributed by atoms with Crippen LogP contribution in [0.25, 0.3) is 42.4 Å². The van der Waals surface area contributed by atoms with Crippen LogP contribution in [-0.2, 0) is 10.8 Å². The van der Waals surface area contributed by atoms with Crippen molar-refractivity contribution < 1.29 is 0 Å². The van der Waals surface area contributed by atoms with Gasteiger partial charge in [0.2, 0.25) is 0 Å². The Morgan fingerprint density at radius 3 is 1.70 bits per heavy atom. The molecule has 0 saturated heterocycles. The second-order valence-electron chi connectivity index (χ2n) is 15.9. The Balaban J connectivity index is 1.05. The first kappa shape index (κ1) is 32.1. The van der Waals surface area contributed by atoms with Crippen LogP contribution < -0.4 is 4.90 Å². The largest absolute Gasteiger partial charge is 0.310 e. The van der Waals surface area contributed by atoms with Gasteiger partial charge in [-0.1, -0.05) is 165 Å². The molecule has 12 rings (SSSR count). The standard InChI is InChI=1S/C54H39NS/c1-3-16-36(17-4-1)54(46-24-11-7-20-40(46)41-21-8-12-25-47(41)54)37-28-30-42-43-31-29-39(35-51(43)56-50(42)34-37)55(38-18-5-2-6-19-38)49-27-15-26-48-52(49)44-22-9-10-23-45(44)53(48)32-13-14-33-53/h1-12,15-31,34-35H,13-14,32-33H2. The lowest BCUT2D eigenvalue weighted by Crippen LogP contribution is -2.28. The Hall–Kier alpha value is -6.22. The summed E-state index contributed by atoms with van der Waals surface area (Å²) in [6.45, 7) is 0. The molecule has 1 aromatic heterocycles. The lowest BCUT2D eigenvalue weighted by atomic mass is 9.67. The van der Waals surface area contributed by atoms with E-state index in [-0.39, 0.29) is 5.41 Å². The number of rotatable bonds is 5. The van der Waals surface area contributed by atoms with Crippen molar-refractivity contribution >= 4 is 48.6 Å². The summed E-state index contributed by atoms with van der Waals surface area (Å²) in [7, 11) is 0. The molecule has 2 heteroatoms. The summed E-state index contributed by atoms with van der Waals surface area (Å²) < 4.78 is 2.62. The molecule has 56 heavy (non-hydrogen) atoms. The molecule has 0 atom stereocenters. The summed E-state index contributed by atoms with van der Waals surface area (Å²) in [6, 6.07) is 70.8. The number of benzene rings is 8. The monoisotopic (exact) mass is 733 g/mol. The number of anilines is 3. The summed E-state index contributed by atoms with van der Waals surface area (Å²) in [5.41, 5.74) is 17.1. The Labute approximate surface area is 332 Å². The van der Waals surface area contributed by atoms with Gasteiger partial charge in [0.25, 0.3) is 0 Å². The van der Waals surface area contributed by atoms with E-state index in [1.165, 1.54) is 119 Å². The molecule has 8 aromatic carbocycles. The molecule has 0 bridgehead atoms. The Kier molecular flexibility index (Phi) is 6.95. The van der Waals surface area contributed by atoms with E-state index in [9.17, 15) is 0 Å². The number of hydrogen-bond donors (Lipinski definition) is 0. The van der Waals surface area contributed by atoms with Crippen LogP contribution in [0.4, 0.5) is 17.1 Å². The molecule has 1 nitrogen and oxygen atoms in total. The van der Waals surface area contributed by atoms with Crippen molar-refractivity contribution in [1.82, 2.24) is 0 Å². The van der Waals surface area contributed by atoms with Crippen LogP contribution in [0, 0.1) is 0 Å². The zero-order valence-electron chi connectivity index (χ0n) is 31.1. The average molecular weight is 734 g/mol. The molecule has 9 aromatic rings. The molecule has 1 spiro atoms. The zero-order valence-corrected chi connectivity index (χ0v) is 31.9. The number of para-hydroxylation sites is 1. The third kappa shape index (κ3) is 4.31. The predicted octanol–water partition coefficient (Wildman–Crippen LogP) is 14.7. The summed E-state index contributed by atoms with van der Waals surface area (Å²) in [6.07, 6.45) is 5.03. The fourth-order valence-corrected chi connectivity index (χ4v) is 12.2. The fraction of sp³-hybridized carbons (Fsp3) is 0.111. The third-order valence-corrected chi connectivity index (χ3v) is 14.4. The molecular weight excluding hydrogens is 695 g/mol. The lowest BCUT2D eigenvalue weighted by Gasteiger charge is -2.33. The molecule has 0 amide bonds. The number of thiophene rings is 1. The fourth-order valence-electron chi connectivity index (χ4n) is 11.0. The number of hydrogen-bond acceptors (Lipinski definition) is 2. The van der Waals surface area contributed by atoms with Gasteiger partial charge in [-0.2, -0.15) is 0 Å². The third-order valence-electron chi connectivity index (χ3n) is 13.3. The van der Waals surface area contributed by atoms with Gasteiger partial charge in [-0.3, -0.25) is 0 Å². The second kappa shape index (κ2) is 12.1. The van der Waals surface area contributed by atoms with Crippen LogP contribution in [-0.4, -0.2) is 0 Å². The maximum atomic E-state index is 2.51. The zero-order chi connectivity index (χ0) is 36.8. The van der Waals surface area contributed by atoms with E-state index in [0.29, 0.717) is 0 Å². The SMILES string of the molecule is c1ccc(N(c2ccc3c(c2)sc2cc(C4(c5ccccc5)c5ccccc5-c5ccccc54)ccc23)c2cccc3c2-c2ccccc2C32CCCC2)cc1. The van der Waals surface area contributed by atoms with Crippen molar-refractivity contribution in [2.24, 2.45) is 0 Å². The van der Waals surface area contributed by atoms with Gasteiger partial charge in [-0.05, 0) is 99.3 Å². The minimum atomic E-state index is -0.408. The highest BCUT2D eigenvalue weighted by atomic mass is 32.1. The van der Waals surface area contributed by atoms with E-state index in [1.54, 1.807) is 0 Å². The topological polar surface area (TPSA) is 3.24 Å². The first-order valence-corrected chi connectivity index (χ1v) is 20.9. The molecule has 0 aliphatic heterocycles. The van der Waals surface area contributed by atoms with E-state index in [4.69, 9.17) is 0 Å². The predicted molar refractivity (Wildman–Crippen MR) is 236 cm³/mol. The van der Waals surface area contributed by atoms with E-state index in [0.717, 1.165) is 0 Å². The Morgan fingerprint density at radius 1 is 0.411 bits per heavy atom. The minimum absolute atomic E-state index is 0.120. The van der Waals surface area contributed by atoms with Crippen LogP contribution in [0.5, 0.6) is 0 Å². The smallest absolute Gasteiger partial charge is 0.0714 e. The van der Waals surface area contributed by atoms with Crippen LogP contribution in [0.2, 0.25) is 0 Å². The molecule has 0 N–H and O–H groups in total. The molecule has 266 valence electrons. The summed E-state index contributed by atoms with van der Waals surface area (Å²) in [5.74, 6) is 0. The Morgan fingerprint density at radius 2 is 0.982 bits per heavy atom. The molecular formula is C54H39NS. The Bertz CT molecular complexity index is 2940. The number of fused-ring (bicyclic) bond motifs is 11. The molecule has 1 heterocycles. The molecule has 1 fully saturated rings. The van der Waals surface area contributed by atoms with Crippen LogP contribution >= 0.6 is 11.3 Å². The van der Waals surface area contributed by atoms with Crippen LogP contribution in [0.3, 0.4) is 0 Å². The van der Waals surface area contributed by atoms with Gasteiger partial charge in [-0.15, -0.1) is 11.3 Å². The highest BCUT2D eigenvalue weighted by Crippen LogP contribution is 2.60. The second-order valence-corrected chi connectivity index (χ2v) is 17.0. The van der Waals surface area contributed by atoms with Gasteiger partial charge >= 0.3 is 0 Å². The maximum absolute atomic E-state index is 2.51. The van der Waals surface area contributed by atoms with Crippen molar-refractivity contribution in [2.45, 2.75) is 36.5 Å². The van der Waals surface area contributed by atoms with Crippen molar-refractivity contribution in [2.75, 3.05) is 4.90 Å². The van der Waals surface area contributed by atoms with Gasteiger partial charge in [-0.25, -0.2) is 0 Å². The van der Waals surface area contributed by atoms with Crippen molar-refractivity contribution in [3.8, 4) is 22.3 Å². The molecule has 3 aliphatic carbocycles. The average Bonchev–Trinajstić information content (AvgIpc) is 4.03. The summed E-state index contributed by atoms with van der Waals surface area (Å²) in [5, 5.41) is 2.62. The van der Waals surface area contributed by atoms with Gasteiger partial charge in [0, 0.05) is 42.5 Å². The van der Waals surface area contributed by atoms with E-state index >= 15 is 0 Å². The molecule has 0 unspecified atom stereocenters. The quantitative estimate of drug-likeness (QED) is 0.170. The number of nitrogens with zero attached hydrogens (tertiary/aromatic N) is 1. The van der Waals surface area contributed by atoms with Gasteiger partial charge < -0.3 is 4.90 Å². The van der Waals surface area contributed by atoms with Gasteiger partial charge in [0.1, 0.15) is 0 Å². The van der Waals surface area contributed by atoms with Crippen molar-refractivity contribution in [1.29, 1.82) is 0 Å². The summed E-state index contributed by atoms with van der Waals surface area (Å²) >= 11 is 1.92. The lowest BCUT2D eigenvalue weighted by molar-refractivity contribution is 0.550. The first-order valence-electron chi connectivity index (χ1n) is 20.1. The maximum Gasteiger partial charge on any atom is 0.0714 e. The normalized spacial score (nSPS) is 15.5. The first-order chi connectivity index (χ1) is 27.8. The van der Waals surface area contributed by atoms with E-state index < -0.39 is 5.41 Å². The van der Waals surface area contributed by atoms with Gasteiger partial charge in [0.05, 0.1) is 11.1 Å². The van der Waals surface area contributed by atoms with E-state index in [2.05, 4.69) is 193 Å². The molecule has 0 radical (unpaired) electrons. The summed E-state index contributed by atoms with van der Waals surface area (Å²) in [4.78, 5) is 2.51. The van der Waals surface area contributed by atoms with E-state index in [1.807, 2.05) is 11.3 Å². The van der Waals surface area contributed by atoms with Gasteiger partial charge in [0.15, 0.2) is 0 Å². The van der Waals surface area contributed by atoms with Crippen molar-refractivity contribution in [3.63, 3.8) is 0 Å². The van der Waals surface area contributed by atoms with Crippen LogP contribution in [0.15, 0.2) is 188 Å². The highest BCUT2D eigenvalue weighted by Gasteiger charge is 2.47. The molecule has 1 saturated carbocycles. The molecule has 3 aliphatic rings.